The summed E-state index contributed by atoms with van der Waals surface area (Å²) in [5.41, 5.74) is 1.68. The van der Waals surface area contributed by atoms with E-state index >= 15 is 0 Å². The topological polar surface area (TPSA) is 99.0 Å². The molecule has 0 aliphatic rings. The number of aromatic hydroxyl groups is 1. The number of aliphatic hydroxyl groups excluding tert-OH is 1. The number of rotatable bonds is 5. The highest BCUT2D eigenvalue weighted by molar-refractivity contribution is 9.10. The number of phenols is 1. The molecule has 2 atom stereocenters. The Bertz CT molecular complexity index is 477. The number of methoxy groups -OCH3 is 1. The van der Waals surface area contributed by atoms with E-state index < -0.39 is 18.1 Å². The van der Waals surface area contributed by atoms with Crippen molar-refractivity contribution in [1.82, 2.24) is 5.48 Å². The maximum absolute atomic E-state index is 10.9. The van der Waals surface area contributed by atoms with Gasteiger partial charge in [-0.25, -0.2) is 5.48 Å². The molecule has 1 aromatic rings. The minimum absolute atomic E-state index is 0.0854. The molecule has 0 bridgehead atoms. The number of phenolic OH excluding ortho intramolecular Hbond substituents is 1. The zero-order valence-electron chi connectivity index (χ0n) is 10.1. The Morgan fingerprint density at radius 2 is 2.21 bits per heavy atom. The van der Waals surface area contributed by atoms with E-state index in [9.17, 15) is 15.0 Å². The van der Waals surface area contributed by atoms with Crippen LogP contribution in [0, 0.1) is 0 Å². The summed E-state index contributed by atoms with van der Waals surface area (Å²) >= 11 is 3.23. The van der Waals surface area contributed by atoms with Gasteiger partial charge in [-0.3, -0.25) is 10.0 Å². The van der Waals surface area contributed by atoms with E-state index in [-0.39, 0.29) is 11.3 Å². The summed E-state index contributed by atoms with van der Waals surface area (Å²) in [5, 5.41) is 28.2. The lowest BCUT2D eigenvalue weighted by Crippen LogP contribution is -2.21. The highest BCUT2D eigenvalue weighted by Crippen LogP contribution is 2.30. The maximum atomic E-state index is 10.9. The molecule has 0 aliphatic heterocycles. The van der Waals surface area contributed by atoms with Gasteiger partial charge in [-0.15, -0.1) is 0 Å². The largest absolute Gasteiger partial charge is 0.508 e. The second-order valence-electron chi connectivity index (χ2n) is 3.68. The third-order valence-corrected chi connectivity index (χ3v) is 2.93. The normalized spacial score (nSPS) is 14.3. The van der Waals surface area contributed by atoms with Crippen molar-refractivity contribution in [2.24, 2.45) is 0 Å². The summed E-state index contributed by atoms with van der Waals surface area (Å²) in [6, 6.07) is 4.61. The third-order valence-electron chi connectivity index (χ3n) is 2.44. The highest BCUT2D eigenvalue weighted by atomic mass is 79.9. The minimum atomic E-state index is -1.16. The molecular weight excluding hydrogens is 318 g/mol. The number of hydrogen-bond acceptors (Lipinski definition) is 5. The van der Waals surface area contributed by atoms with E-state index in [0.717, 1.165) is 6.08 Å². The van der Waals surface area contributed by atoms with E-state index in [0.29, 0.717) is 4.47 Å². The van der Waals surface area contributed by atoms with E-state index in [2.05, 4.69) is 15.9 Å². The number of ether oxygens (including phenoxy) is 1. The Morgan fingerprint density at radius 3 is 2.79 bits per heavy atom. The molecule has 0 aromatic heterocycles. The van der Waals surface area contributed by atoms with Crippen molar-refractivity contribution in [3.8, 4) is 5.75 Å². The molecule has 19 heavy (non-hydrogen) atoms. The molecule has 1 rings (SSSR count). The van der Waals surface area contributed by atoms with Crippen molar-refractivity contribution in [3.63, 3.8) is 0 Å². The van der Waals surface area contributed by atoms with Crippen LogP contribution in [0.1, 0.15) is 11.7 Å². The summed E-state index contributed by atoms with van der Waals surface area (Å²) in [6.45, 7) is 0. The van der Waals surface area contributed by atoms with E-state index in [1.54, 1.807) is 12.1 Å². The lowest BCUT2D eigenvalue weighted by Gasteiger charge is -2.19. The molecule has 104 valence electrons. The molecule has 1 amide bonds. The number of nitrogens with one attached hydrogen (secondary N) is 1. The van der Waals surface area contributed by atoms with Gasteiger partial charge >= 0.3 is 0 Å². The fraction of sp³-hybridized carbons (Fsp3) is 0.250. The van der Waals surface area contributed by atoms with Crippen LogP contribution < -0.4 is 5.48 Å². The number of hydroxylamine groups is 1. The Labute approximate surface area is 118 Å². The van der Waals surface area contributed by atoms with Crippen molar-refractivity contribution in [1.29, 1.82) is 0 Å². The molecule has 0 spiro atoms. The molecule has 0 fully saturated rings. The molecule has 4 N–H and O–H groups in total. The first-order valence-electron chi connectivity index (χ1n) is 5.31. The summed E-state index contributed by atoms with van der Waals surface area (Å²) in [4.78, 5) is 10.9. The van der Waals surface area contributed by atoms with Gasteiger partial charge in [0.25, 0.3) is 5.91 Å². The number of carbonyl (C=O) groups excluding carboxylic acids is 1. The van der Waals surface area contributed by atoms with Crippen molar-refractivity contribution in [3.05, 3.63) is 40.4 Å². The maximum Gasteiger partial charge on any atom is 0.267 e. The van der Waals surface area contributed by atoms with Gasteiger partial charge in [-0.05, 0) is 24.3 Å². The second kappa shape index (κ2) is 7.25. The van der Waals surface area contributed by atoms with Crippen molar-refractivity contribution in [2.45, 2.75) is 12.2 Å². The molecule has 0 saturated carbocycles. The van der Waals surface area contributed by atoms with Crippen LogP contribution in [0.3, 0.4) is 0 Å². The fourth-order valence-corrected chi connectivity index (χ4v) is 1.85. The van der Waals surface area contributed by atoms with Crippen LogP contribution in [0.25, 0.3) is 0 Å². The Balaban J connectivity index is 2.95. The zero-order chi connectivity index (χ0) is 14.4. The Morgan fingerprint density at radius 1 is 1.53 bits per heavy atom. The predicted octanol–water partition coefficient (Wildman–Crippen LogP) is 1.26. The molecule has 0 heterocycles. The van der Waals surface area contributed by atoms with Gasteiger partial charge in [-0.1, -0.05) is 15.9 Å². The predicted molar refractivity (Wildman–Crippen MR) is 70.6 cm³/mol. The first-order chi connectivity index (χ1) is 8.99. The summed E-state index contributed by atoms with van der Waals surface area (Å²) < 4.78 is 5.72. The Hall–Kier alpha value is -1.41. The van der Waals surface area contributed by atoms with Crippen molar-refractivity contribution < 1.29 is 25.0 Å². The molecule has 0 saturated heterocycles. The van der Waals surface area contributed by atoms with Crippen LogP contribution in [0.5, 0.6) is 5.75 Å². The average molecular weight is 332 g/mol. The highest BCUT2D eigenvalue weighted by Gasteiger charge is 2.21. The van der Waals surface area contributed by atoms with Crippen LogP contribution >= 0.6 is 15.9 Å². The van der Waals surface area contributed by atoms with Gasteiger partial charge < -0.3 is 14.9 Å². The lowest BCUT2D eigenvalue weighted by atomic mass is 10.0. The quantitative estimate of drug-likeness (QED) is 0.370. The SMILES string of the molecule is CO[C@H](/C=C/C(=O)NO)[C@H](O)c1cc(Br)ccc1O. The number of halogens is 1. The van der Waals surface area contributed by atoms with Gasteiger partial charge in [0.15, 0.2) is 0 Å². The molecule has 6 nitrogen and oxygen atoms in total. The van der Waals surface area contributed by atoms with E-state index in [1.807, 2.05) is 0 Å². The fourth-order valence-electron chi connectivity index (χ4n) is 1.47. The van der Waals surface area contributed by atoms with Crippen LogP contribution in [-0.2, 0) is 9.53 Å². The van der Waals surface area contributed by atoms with Crippen molar-refractivity contribution >= 4 is 21.8 Å². The first kappa shape index (κ1) is 15.6. The molecule has 0 unspecified atom stereocenters. The summed E-state index contributed by atoms with van der Waals surface area (Å²) in [7, 11) is 1.35. The van der Waals surface area contributed by atoms with E-state index in [4.69, 9.17) is 9.94 Å². The smallest absolute Gasteiger partial charge is 0.267 e. The number of benzene rings is 1. The first-order valence-corrected chi connectivity index (χ1v) is 6.10. The van der Waals surface area contributed by atoms with Gasteiger partial charge in [0.05, 0.1) is 0 Å². The molecule has 0 aliphatic carbocycles. The van der Waals surface area contributed by atoms with Gasteiger partial charge in [0.1, 0.15) is 18.0 Å². The third kappa shape index (κ3) is 4.32. The number of aliphatic hydroxyl groups is 1. The minimum Gasteiger partial charge on any atom is -0.508 e. The molecule has 0 radical (unpaired) electrons. The summed E-state index contributed by atoms with van der Waals surface area (Å²) in [5.74, 6) is -0.828. The molecular formula is C12H14BrNO5. The number of amides is 1. The van der Waals surface area contributed by atoms with Crippen LogP contribution in [0.2, 0.25) is 0 Å². The monoisotopic (exact) mass is 331 g/mol. The van der Waals surface area contributed by atoms with Crippen LogP contribution in [0.15, 0.2) is 34.8 Å². The van der Waals surface area contributed by atoms with Crippen LogP contribution in [0.4, 0.5) is 0 Å². The van der Waals surface area contributed by atoms with E-state index in [1.165, 1.54) is 24.7 Å². The Kier molecular flexibility index (Phi) is 5.97. The number of hydrogen-bond donors (Lipinski definition) is 4. The van der Waals surface area contributed by atoms with Gasteiger partial charge in [0, 0.05) is 23.2 Å². The van der Waals surface area contributed by atoms with Gasteiger partial charge in [-0.2, -0.15) is 0 Å². The lowest BCUT2D eigenvalue weighted by molar-refractivity contribution is -0.124. The zero-order valence-corrected chi connectivity index (χ0v) is 11.7. The molecule has 7 heteroatoms. The average Bonchev–Trinajstić information content (AvgIpc) is 2.41. The van der Waals surface area contributed by atoms with Crippen molar-refractivity contribution in [2.75, 3.05) is 7.11 Å². The van der Waals surface area contributed by atoms with Crippen LogP contribution in [-0.4, -0.2) is 34.5 Å². The standard InChI is InChI=1S/C12H14BrNO5/c1-19-10(4-5-11(16)14-18)12(17)8-6-7(13)2-3-9(8)15/h2-6,10,12,15,17-18H,1H3,(H,14,16)/b5-4+/t10-,12-/m1/s1. The number of carbonyl (C=O) groups is 1. The second-order valence-corrected chi connectivity index (χ2v) is 4.60. The summed E-state index contributed by atoms with van der Waals surface area (Å²) in [6.07, 6.45) is 0.283. The van der Waals surface area contributed by atoms with Gasteiger partial charge in [0.2, 0.25) is 0 Å². The molecule has 1 aromatic carbocycles.